The summed E-state index contributed by atoms with van der Waals surface area (Å²) >= 11 is 0. The van der Waals surface area contributed by atoms with Gasteiger partial charge in [-0.2, -0.15) is 4.58 Å². The molecule has 0 aliphatic carbocycles. The third kappa shape index (κ3) is 12.4. The van der Waals surface area contributed by atoms with Crippen LogP contribution in [-0.4, -0.2) is 134 Å². The Kier molecular flexibility index (Phi) is 17.0. The Labute approximate surface area is 424 Å². The summed E-state index contributed by atoms with van der Waals surface area (Å²) in [6.45, 7) is 5.64. The highest BCUT2D eigenvalue weighted by Gasteiger charge is 2.47. The van der Waals surface area contributed by atoms with Crippen LogP contribution in [-0.2, 0) is 75.6 Å². The van der Waals surface area contributed by atoms with Gasteiger partial charge in [0.15, 0.2) is 5.71 Å². The van der Waals surface area contributed by atoms with E-state index in [1.54, 1.807) is 63.3 Å². The minimum atomic E-state index is -5.32. The molecule has 0 saturated heterocycles. The molecule has 73 heavy (non-hydrogen) atoms. The Bertz CT molecular complexity index is 3570. The molecule has 398 valence electrons. The fourth-order valence-electron chi connectivity index (χ4n) is 9.81. The third-order valence-corrected chi connectivity index (χ3v) is 17.8. The van der Waals surface area contributed by atoms with Gasteiger partial charge >= 0.3 is 5.97 Å². The number of anilines is 1. The van der Waals surface area contributed by atoms with Crippen molar-refractivity contribution in [3.05, 3.63) is 95.7 Å². The fourth-order valence-corrected chi connectivity index (χ4v) is 13.5. The van der Waals surface area contributed by atoms with E-state index in [0.717, 1.165) is 12.1 Å². The van der Waals surface area contributed by atoms with Crippen molar-refractivity contribution in [1.29, 1.82) is 0 Å². The number of benzene rings is 4. The van der Waals surface area contributed by atoms with Crippen molar-refractivity contribution in [2.24, 2.45) is 0 Å². The van der Waals surface area contributed by atoms with E-state index < -0.39 is 92.6 Å². The Balaban J connectivity index is 1.53. The molecular weight excluding hydrogens is 1050 g/mol. The molecule has 2 heterocycles. The van der Waals surface area contributed by atoms with Gasteiger partial charge in [-0.1, -0.05) is 24.3 Å². The van der Waals surface area contributed by atoms with Gasteiger partial charge in [0.1, 0.15) is 36.9 Å². The molecular formula is C47H54N3O18S5-3. The topological polar surface area (TPSA) is 337 Å². The molecule has 0 fully saturated rings. The number of carbonyl (C=O) groups is 1. The van der Waals surface area contributed by atoms with Crippen molar-refractivity contribution in [3.8, 4) is 0 Å². The van der Waals surface area contributed by atoms with E-state index in [2.05, 4.69) is 4.72 Å². The molecule has 6 rings (SSSR count). The first-order chi connectivity index (χ1) is 33.9. The second kappa shape index (κ2) is 21.7. The first-order valence-corrected chi connectivity index (χ1v) is 29.9. The molecule has 0 aromatic heterocycles. The van der Waals surface area contributed by atoms with Crippen LogP contribution in [0.2, 0.25) is 0 Å². The fraction of sp³-hybridized carbons (Fsp3) is 0.404. The Morgan fingerprint density at radius 2 is 1.32 bits per heavy atom. The molecule has 0 saturated carbocycles. The lowest BCUT2D eigenvalue weighted by atomic mass is 9.75. The number of carboxylic acid groups (broad SMARTS) is 1. The van der Waals surface area contributed by atoms with Gasteiger partial charge in [-0.05, 0) is 111 Å². The summed E-state index contributed by atoms with van der Waals surface area (Å²) in [4.78, 5) is 9.90. The Morgan fingerprint density at radius 3 is 1.90 bits per heavy atom. The van der Waals surface area contributed by atoms with Crippen LogP contribution < -0.4 is 9.62 Å². The Morgan fingerprint density at radius 1 is 0.712 bits per heavy atom. The van der Waals surface area contributed by atoms with Crippen LogP contribution in [0, 0.1) is 0 Å². The van der Waals surface area contributed by atoms with Crippen molar-refractivity contribution in [1.82, 2.24) is 4.72 Å². The minimum absolute atomic E-state index is 0.0333. The number of allylic oxidation sites excluding steroid dienone is 6. The number of hydrogen-bond acceptors (Lipinski definition) is 18. The average molecular weight is 1110 g/mol. The lowest BCUT2D eigenvalue weighted by Gasteiger charge is -2.31. The van der Waals surface area contributed by atoms with Crippen molar-refractivity contribution in [3.63, 3.8) is 0 Å². The largest absolute Gasteiger partial charge is 0.748 e. The molecule has 2 aliphatic rings. The number of rotatable bonds is 24. The highest BCUT2D eigenvalue weighted by atomic mass is 32.2. The van der Waals surface area contributed by atoms with E-state index in [9.17, 15) is 70.2 Å². The number of nitrogens with zero attached hydrogens (tertiary/aromatic N) is 2. The van der Waals surface area contributed by atoms with Crippen LogP contribution in [0.5, 0.6) is 0 Å². The number of nitrogens with one attached hydrogen (secondary N) is 1. The summed E-state index contributed by atoms with van der Waals surface area (Å²) in [6.07, 6.45) is 9.42. The second-order valence-electron chi connectivity index (χ2n) is 18.2. The predicted octanol–water partition coefficient (Wildman–Crippen LogP) is 4.40. The maximum absolute atomic E-state index is 13.6. The molecule has 26 heteroatoms. The van der Waals surface area contributed by atoms with Crippen LogP contribution >= 0.6 is 0 Å². The van der Waals surface area contributed by atoms with Crippen molar-refractivity contribution in [2.45, 2.75) is 89.7 Å². The van der Waals surface area contributed by atoms with Gasteiger partial charge in [0, 0.05) is 85.8 Å². The highest BCUT2D eigenvalue weighted by Crippen LogP contribution is 2.54. The monoisotopic (exact) mass is 1110 g/mol. The van der Waals surface area contributed by atoms with Gasteiger partial charge < -0.3 is 37.7 Å². The first-order valence-electron chi connectivity index (χ1n) is 22.6. The first kappa shape index (κ1) is 57.3. The van der Waals surface area contributed by atoms with Crippen molar-refractivity contribution < 1.29 is 84.3 Å². The molecule has 0 bridgehead atoms. The molecule has 4 aromatic rings. The number of hydrogen-bond donors (Lipinski definition) is 2. The van der Waals surface area contributed by atoms with E-state index in [1.807, 2.05) is 9.48 Å². The SMILES string of the molecule is COCCNS(=O)(=O)c1cc(S(=O)(=O)[O-])c2ccc3c(c2c1)C(C)(CCCS(=O)(=O)[O-])C(=CC=CC=CC1=[N+](CCCCCC(=O)O)c2ccc4c(S(=O)(=O)[O-])cc(S(=O)(=O)[O-])cc4c2C1(C)C)N3CCOC. The van der Waals surface area contributed by atoms with Crippen LogP contribution in [0.1, 0.15) is 70.4 Å². The molecule has 2 aliphatic heterocycles. The van der Waals surface area contributed by atoms with Crippen LogP contribution in [0.3, 0.4) is 0 Å². The predicted molar refractivity (Wildman–Crippen MR) is 265 cm³/mol. The maximum Gasteiger partial charge on any atom is 0.303 e. The molecule has 1 unspecified atom stereocenters. The normalized spacial score (nSPS) is 18.0. The summed E-state index contributed by atoms with van der Waals surface area (Å²) < 4.78 is 191. The zero-order valence-electron chi connectivity index (χ0n) is 40.3. The quantitative estimate of drug-likeness (QED) is 0.0425. The lowest BCUT2D eigenvalue weighted by molar-refractivity contribution is -0.438. The van der Waals surface area contributed by atoms with E-state index in [1.165, 1.54) is 32.4 Å². The van der Waals surface area contributed by atoms with Gasteiger partial charge in [-0.3, -0.25) is 4.79 Å². The van der Waals surface area contributed by atoms with Crippen molar-refractivity contribution in [2.75, 3.05) is 57.7 Å². The number of unbranched alkanes of at least 4 members (excludes halogenated alkanes) is 2. The van der Waals surface area contributed by atoms with Gasteiger partial charge in [-0.25, -0.2) is 46.8 Å². The number of aliphatic carboxylic acids is 1. The number of sulfonamides is 1. The van der Waals surface area contributed by atoms with Gasteiger partial charge in [0.05, 0.1) is 48.3 Å². The molecule has 0 radical (unpaired) electrons. The van der Waals surface area contributed by atoms with E-state index in [0.29, 0.717) is 65.8 Å². The molecule has 1 atom stereocenters. The summed E-state index contributed by atoms with van der Waals surface area (Å²) in [5, 5.41) is 9.10. The standard InChI is InChI=1S/C47H57N3O18S5/c1-46(2)41(49(22-11-7-10-15-43(51)52)37-18-16-33-35(44(37)46)28-32(71(58,59)60)30-40(33)73(64,65)66)13-8-6-9-14-42-47(3,20-12-26-69(53,54)55)45-36-27-31(70(56,57)48-21-24-67-4)29-39(72(61,62)63)34(36)17-19-38(45)50(42)23-25-68-5/h6,8-9,13-14,16-19,27-30,48H,7,10-12,15,20-26H2,1-5H3,(H4-,51,52,53,54,55,58,59,60,61,62,63,64,65,66)/p-3. The third-order valence-electron chi connectivity index (χ3n) is 13.0. The smallest absolute Gasteiger partial charge is 0.303 e. The van der Waals surface area contributed by atoms with Gasteiger partial charge in [-0.15, -0.1) is 0 Å². The minimum Gasteiger partial charge on any atom is -0.748 e. The average Bonchev–Trinajstić information content (AvgIpc) is 3.64. The van der Waals surface area contributed by atoms with Crippen LogP contribution in [0.25, 0.3) is 21.5 Å². The molecule has 0 amide bonds. The molecule has 2 N–H and O–H groups in total. The summed E-state index contributed by atoms with van der Waals surface area (Å²) in [7, 11) is -22.3. The number of carboxylic acids is 1. The van der Waals surface area contributed by atoms with Gasteiger partial charge in [0.25, 0.3) is 0 Å². The van der Waals surface area contributed by atoms with Crippen molar-refractivity contribution >= 4 is 95.1 Å². The Hall–Kier alpha value is -4.97. The second-order valence-corrected chi connectivity index (χ2v) is 25.6. The number of fused-ring (bicyclic) bond motifs is 6. The lowest BCUT2D eigenvalue weighted by Crippen LogP contribution is -2.31. The zero-order chi connectivity index (χ0) is 54.1. The van der Waals surface area contributed by atoms with E-state index in [4.69, 9.17) is 9.47 Å². The summed E-state index contributed by atoms with van der Waals surface area (Å²) in [5.41, 5.74) is 0.418. The van der Waals surface area contributed by atoms with E-state index in [-0.39, 0.29) is 67.1 Å². The van der Waals surface area contributed by atoms with Crippen LogP contribution in [0.4, 0.5) is 11.4 Å². The zero-order valence-corrected chi connectivity index (χ0v) is 44.4. The molecule has 21 nitrogen and oxygen atoms in total. The maximum atomic E-state index is 13.6. The number of methoxy groups -OCH3 is 2. The summed E-state index contributed by atoms with van der Waals surface area (Å²) in [5.74, 6) is -1.74. The molecule has 0 spiro atoms. The van der Waals surface area contributed by atoms with Crippen LogP contribution in [0.15, 0.2) is 104 Å². The summed E-state index contributed by atoms with van der Waals surface area (Å²) in [6, 6.07) is 9.45. The van der Waals surface area contributed by atoms with E-state index >= 15 is 0 Å². The highest BCUT2D eigenvalue weighted by molar-refractivity contribution is 7.89. The number of ether oxygens (including phenoxy) is 2. The molecule has 4 aromatic carbocycles. The van der Waals surface area contributed by atoms with Gasteiger partial charge in [0.2, 0.25) is 15.7 Å².